The third kappa shape index (κ3) is 20.6. The summed E-state index contributed by atoms with van der Waals surface area (Å²) in [5, 5.41) is 72.6. The normalized spacial score (nSPS) is 17.5. The monoisotopic (exact) mass is 1860 g/mol. The van der Waals surface area contributed by atoms with Gasteiger partial charge in [0.1, 0.15) is 97.8 Å². The molecule has 712 valence electrons. The maximum absolute atomic E-state index is 14.2. The van der Waals surface area contributed by atoms with Crippen molar-refractivity contribution in [2.24, 2.45) is 5.41 Å². The van der Waals surface area contributed by atoms with Gasteiger partial charge in [-0.15, -0.1) is 0 Å². The molecule has 44 heteroatoms. The van der Waals surface area contributed by atoms with E-state index in [9.17, 15) is 53.0 Å². The first-order chi connectivity index (χ1) is 65.8. The Morgan fingerprint density at radius 3 is 1.21 bits per heavy atom. The number of hydrogen-bond donors (Lipinski definition) is 14. The number of nitrogens with zero attached hydrogens (tertiary/aromatic N) is 18. The maximum atomic E-state index is 14.2. The summed E-state index contributed by atoms with van der Waals surface area (Å²) in [5.41, 5.74) is 3.07. The molecule has 14 aromatic heterocycles. The smallest absolute Gasteiger partial charge is 0.308 e. The van der Waals surface area contributed by atoms with Crippen LogP contribution in [0.5, 0.6) is 0 Å². The highest BCUT2D eigenvalue weighted by molar-refractivity contribution is 6.02. The van der Waals surface area contributed by atoms with Crippen molar-refractivity contribution in [2.45, 2.75) is 172 Å². The van der Waals surface area contributed by atoms with E-state index >= 15 is 0 Å². The van der Waals surface area contributed by atoms with Crippen molar-refractivity contribution in [1.82, 2.24) is 108 Å². The second kappa shape index (κ2) is 41.4. The van der Waals surface area contributed by atoms with Gasteiger partial charge in [-0.2, -0.15) is 43.4 Å². The van der Waals surface area contributed by atoms with Crippen molar-refractivity contribution in [3.8, 4) is 11.8 Å². The van der Waals surface area contributed by atoms with E-state index in [1.807, 2.05) is 42.9 Å². The van der Waals surface area contributed by atoms with Gasteiger partial charge in [0, 0.05) is 140 Å². The fourth-order valence-electron chi connectivity index (χ4n) is 16.4. The minimum atomic E-state index is -0.636. The number of oxazole rings is 1. The SMILES string of the molecule is CNc1cc(Nc2cccn(-c3nc(C)co3)c2=O)nc2c(C(=O)NC3CCC3)cnn12.CNc1cc(Nc2cccn(-c3ncccc3F)c2=O)nc2c(C(=O)NCC(C)(C)CO)cnn12.CNc1cc(Nc2cccn(C3CCC(OC)CC3)c2=O)nc2c(C(=O)NC3CCC3)cnn12.CNc1cc(Nc2cccn(C3CCC(OC)CC3)c2=O)nc2c(C(=O)N[C@H]3CC[C@H]3O)cnn12. The number of aliphatic hydroxyl groups excluding tert-OH is 2. The molecule has 0 aliphatic heterocycles. The Kier molecular flexibility index (Phi) is 28.6. The van der Waals surface area contributed by atoms with Crippen molar-refractivity contribution in [1.29, 1.82) is 0 Å². The zero-order chi connectivity index (χ0) is 95.6. The van der Waals surface area contributed by atoms with Crippen LogP contribution in [0.1, 0.15) is 176 Å². The summed E-state index contributed by atoms with van der Waals surface area (Å²) in [4.78, 5) is 130. The number of anilines is 12. The van der Waals surface area contributed by atoms with Gasteiger partial charge in [-0.05, 0) is 170 Å². The second-order valence-electron chi connectivity index (χ2n) is 34.6. The Morgan fingerprint density at radius 1 is 0.478 bits per heavy atom. The lowest BCUT2D eigenvalue weighted by atomic mass is 9.89. The van der Waals surface area contributed by atoms with Crippen molar-refractivity contribution in [3.05, 3.63) is 222 Å². The van der Waals surface area contributed by atoms with Gasteiger partial charge in [0.05, 0.1) is 54.8 Å². The van der Waals surface area contributed by atoms with Crippen LogP contribution in [0.4, 0.5) is 73.7 Å². The molecule has 14 N–H and O–H groups in total. The van der Waals surface area contributed by atoms with Gasteiger partial charge in [-0.3, -0.25) is 42.9 Å². The Balaban J connectivity index is 0.000000132. The standard InChI is InChI=1S/C24H31N7O4.C24H31N7O3.C23H25FN8O3.C21H22N8O3/c1-25-21-12-20(29-22-16(13-26-31(21)22)23(33)28-17-9-10-19(17)32)27-18-4-3-11-30(24(18)34)14-5-7-15(35-2)8-6-14;1-25-21-13-20(29-22-18(14-26-31(21)22)23(32)27-15-5-3-6-15)28-19-7-4-12-30(24(19)33)16-8-10-17(34-2)11-9-16;1-23(2,13-33)12-27-21(34)14-11-28-32-18(25-3)10-17(30-19(14)32)29-16-7-5-9-31(22(16)35)20-15(24)6-4-8-26-20;1-12-11-32-21(24-12)28-8-4-7-15(20(28)31)26-16-9-17(22-2)29-18(27-16)14(10-23-29)19(30)25-13-5-3-6-13/h3-4,11-15,17,19,25,32H,5-10H2,1-2H3,(H,27,29)(H,28,33);4,7,12-17,25H,3,5-6,8-11H2,1-2H3,(H,27,32)(H,28,29);4-11,25,33H,12-13H2,1-3H3,(H,27,34)(H,29,30);4,7-11,13,22H,3,5-6H2,1-2H3,(H,25,30)(H,26,27)/t14?,15?,17-,19+;;;/m0.../s1. The lowest BCUT2D eigenvalue weighted by molar-refractivity contribution is 0.0448. The highest BCUT2D eigenvalue weighted by Gasteiger charge is 2.34. The van der Waals surface area contributed by atoms with Crippen LogP contribution < -0.4 is 86.0 Å². The van der Waals surface area contributed by atoms with Crippen LogP contribution >= 0.6 is 0 Å². The van der Waals surface area contributed by atoms with E-state index in [0.717, 1.165) is 101 Å². The van der Waals surface area contributed by atoms with Crippen LogP contribution in [0.25, 0.3) is 34.4 Å². The summed E-state index contributed by atoms with van der Waals surface area (Å²) < 4.78 is 42.6. The predicted octanol–water partition coefficient (Wildman–Crippen LogP) is 9.34. The van der Waals surface area contributed by atoms with Crippen molar-refractivity contribution in [2.75, 3.05) is 98.1 Å². The molecule has 43 nitrogen and oxygen atoms in total. The highest BCUT2D eigenvalue weighted by Crippen LogP contribution is 2.34. The number of hydrogen-bond acceptors (Lipinski definition) is 31. The first-order valence-electron chi connectivity index (χ1n) is 45.1. The minimum absolute atomic E-state index is 0.0880. The molecule has 0 saturated heterocycles. The lowest BCUT2D eigenvalue weighted by Crippen LogP contribution is -2.50. The number of aryl methyl sites for hydroxylation is 1. The fraction of sp³-hybridized carbons (Fsp3) is 0.391. The Hall–Kier alpha value is -15.3. The maximum Gasteiger partial charge on any atom is 0.308 e. The highest BCUT2D eigenvalue weighted by atomic mass is 19.1. The summed E-state index contributed by atoms with van der Waals surface area (Å²) in [6.07, 6.45) is 30.4. The molecule has 0 unspecified atom stereocenters. The summed E-state index contributed by atoms with van der Waals surface area (Å²) >= 11 is 0. The summed E-state index contributed by atoms with van der Waals surface area (Å²) in [6.45, 7) is 5.60. The number of amides is 4. The van der Waals surface area contributed by atoms with Crippen LogP contribution in [-0.2, 0) is 9.47 Å². The van der Waals surface area contributed by atoms with E-state index < -0.39 is 28.8 Å². The number of fused-ring (bicyclic) bond motifs is 4. The van der Waals surface area contributed by atoms with Crippen LogP contribution in [-0.4, -0.2) is 212 Å². The number of methoxy groups -OCH3 is 2. The molecule has 0 aromatic carbocycles. The van der Waals surface area contributed by atoms with Crippen LogP contribution in [0.2, 0.25) is 0 Å². The lowest BCUT2D eigenvalue weighted by Gasteiger charge is -2.32. The zero-order valence-electron chi connectivity index (χ0n) is 76.5. The number of aromatic nitrogens is 18. The largest absolute Gasteiger partial charge is 0.431 e. The molecule has 136 heavy (non-hydrogen) atoms. The van der Waals surface area contributed by atoms with Gasteiger partial charge in [0.2, 0.25) is 0 Å². The summed E-state index contributed by atoms with van der Waals surface area (Å²) in [7, 11) is 10.4. The third-order valence-electron chi connectivity index (χ3n) is 24.9. The quantitative estimate of drug-likeness (QED) is 0.0217. The van der Waals surface area contributed by atoms with E-state index in [4.69, 9.17) is 13.9 Å². The first kappa shape index (κ1) is 93.9. The molecule has 5 fully saturated rings. The Labute approximate surface area is 776 Å². The van der Waals surface area contributed by atoms with Crippen molar-refractivity contribution >= 4 is 116 Å². The molecular formula is C92H109FN30O13. The van der Waals surface area contributed by atoms with Gasteiger partial charge in [-0.1, -0.05) is 13.8 Å². The topological polar surface area (TPSA) is 519 Å². The van der Waals surface area contributed by atoms with E-state index in [-0.39, 0.29) is 130 Å². The average Bonchev–Trinajstić information content (AvgIpc) is 1.71. The molecule has 2 atom stereocenters. The summed E-state index contributed by atoms with van der Waals surface area (Å²) in [6, 6.07) is 23.8. The molecular weight excluding hydrogens is 1750 g/mol. The van der Waals surface area contributed by atoms with Gasteiger partial charge in [0.15, 0.2) is 34.2 Å². The van der Waals surface area contributed by atoms with E-state index in [2.05, 4.69) is 114 Å². The Bertz CT molecular complexity index is 6970. The molecule has 14 aromatic rings. The molecule has 0 spiro atoms. The number of pyridine rings is 5. The van der Waals surface area contributed by atoms with Gasteiger partial charge in [0.25, 0.3) is 45.9 Å². The van der Waals surface area contributed by atoms with E-state index in [1.165, 1.54) is 75.2 Å². The first-order valence-corrected chi connectivity index (χ1v) is 45.1. The molecule has 5 aliphatic rings. The van der Waals surface area contributed by atoms with Gasteiger partial charge >= 0.3 is 6.01 Å². The van der Waals surface area contributed by atoms with Crippen molar-refractivity contribution < 1.29 is 47.7 Å². The number of carbonyl (C=O) groups is 4. The van der Waals surface area contributed by atoms with Crippen LogP contribution in [0.15, 0.2) is 171 Å². The van der Waals surface area contributed by atoms with Gasteiger partial charge in [-0.25, -0.2) is 33.9 Å². The third-order valence-corrected chi connectivity index (χ3v) is 24.9. The molecule has 19 rings (SSSR count). The molecule has 0 radical (unpaired) electrons. The number of rotatable bonds is 28. The number of nitrogens with one attached hydrogen (secondary N) is 12. The van der Waals surface area contributed by atoms with Crippen molar-refractivity contribution in [3.63, 3.8) is 0 Å². The van der Waals surface area contributed by atoms with E-state index in [1.54, 1.807) is 124 Å². The second-order valence-corrected chi connectivity index (χ2v) is 34.6. The molecule has 5 aliphatic carbocycles. The fourth-order valence-corrected chi connectivity index (χ4v) is 16.4. The average molecular weight is 1860 g/mol. The van der Waals surface area contributed by atoms with Crippen LogP contribution in [0, 0.1) is 18.2 Å². The van der Waals surface area contributed by atoms with E-state index in [0.29, 0.717) is 97.8 Å². The number of carbonyl (C=O) groups excluding carboxylic acids is 4. The number of aliphatic hydroxyl groups is 2. The minimum Gasteiger partial charge on any atom is -0.431 e. The van der Waals surface area contributed by atoms with Gasteiger partial charge < -0.3 is 97.0 Å². The molecule has 0 bridgehead atoms. The zero-order valence-corrected chi connectivity index (χ0v) is 76.5. The molecule has 4 amide bonds. The Morgan fingerprint density at radius 2 is 0.860 bits per heavy atom. The predicted molar refractivity (Wildman–Crippen MR) is 508 cm³/mol. The van der Waals surface area contributed by atoms with Crippen LogP contribution in [0.3, 0.4) is 0 Å². The molecule has 5 saturated carbocycles. The summed E-state index contributed by atoms with van der Waals surface area (Å²) in [5.74, 6) is 2.03. The number of halogens is 1. The molecule has 14 heterocycles. The number of ether oxygens (including phenoxy) is 2.